The molecule has 0 aliphatic rings. The van der Waals surface area contributed by atoms with E-state index >= 15 is 0 Å². The number of pyridine rings is 1. The van der Waals surface area contributed by atoms with Gasteiger partial charge in [-0.25, -0.2) is 8.42 Å². The number of ketones is 2. The summed E-state index contributed by atoms with van der Waals surface area (Å²) in [4.78, 5) is 28.0. The quantitative estimate of drug-likeness (QED) is 0.742. The Bertz CT molecular complexity index is 789. The van der Waals surface area contributed by atoms with Crippen LogP contribution in [0.15, 0.2) is 18.3 Å². The van der Waals surface area contributed by atoms with E-state index < -0.39 is 55.5 Å². The van der Waals surface area contributed by atoms with E-state index in [4.69, 9.17) is 0 Å². The van der Waals surface area contributed by atoms with Crippen molar-refractivity contribution in [2.24, 2.45) is 5.41 Å². The fourth-order valence-corrected chi connectivity index (χ4v) is 3.38. The lowest BCUT2D eigenvalue weighted by Crippen LogP contribution is -2.46. The largest absolute Gasteiger partial charge is 0.417 e. The average molecular weight is 393 g/mol. The summed E-state index contributed by atoms with van der Waals surface area (Å²) >= 11 is 0. The van der Waals surface area contributed by atoms with Gasteiger partial charge in [-0.1, -0.05) is 20.8 Å². The second-order valence-electron chi connectivity index (χ2n) is 7.58. The molecule has 0 aromatic carbocycles. The van der Waals surface area contributed by atoms with E-state index in [0.717, 1.165) is 12.1 Å². The Morgan fingerprint density at radius 2 is 1.54 bits per heavy atom. The van der Waals surface area contributed by atoms with E-state index in [0.29, 0.717) is 6.20 Å². The summed E-state index contributed by atoms with van der Waals surface area (Å²) in [6, 6.07) is 1.81. The van der Waals surface area contributed by atoms with Crippen LogP contribution in [0.4, 0.5) is 13.2 Å². The van der Waals surface area contributed by atoms with E-state index in [9.17, 15) is 31.2 Å². The molecule has 0 aliphatic carbocycles. The Morgan fingerprint density at radius 3 is 1.92 bits per heavy atom. The normalized spacial score (nSPS) is 13.5. The molecule has 9 heteroatoms. The van der Waals surface area contributed by atoms with E-state index in [1.807, 2.05) is 0 Å². The second-order valence-corrected chi connectivity index (χ2v) is 10.1. The first-order valence-corrected chi connectivity index (χ1v) is 9.45. The van der Waals surface area contributed by atoms with Crippen molar-refractivity contribution >= 4 is 21.4 Å². The molecule has 1 heterocycles. The van der Waals surface area contributed by atoms with Crippen molar-refractivity contribution in [1.29, 1.82) is 0 Å². The molecular weight excluding hydrogens is 371 g/mol. The van der Waals surface area contributed by atoms with E-state index in [1.54, 1.807) is 20.8 Å². The lowest BCUT2D eigenvalue weighted by atomic mass is 9.92. The summed E-state index contributed by atoms with van der Waals surface area (Å²) in [7, 11) is -4.10. The summed E-state index contributed by atoms with van der Waals surface area (Å²) in [6.07, 6.45) is -4.41. The van der Waals surface area contributed by atoms with Crippen LogP contribution in [0.1, 0.15) is 45.9 Å². The average Bonchev–Trinajstić information content (AvgIpc) is 2.45. The molecule has 5 nitrogen and oxygen atoms in total. The third-order valence-corrected chi connectivity index (χ3v) is 6.53. The van der Waals surface area contributed by atoms with Gasteiger partial charge in [0.05, 0.1) is 12.0 Å². The number of carbonyl (C=O) groups excluding carboxylic acids is 2. The molecule has 0 amide bonds. The predicted molar refractivity (Wildman–Crippen MR) is 90.3 cm³/mol. The zero-order chi connectivity index (χ0) is 20.6. The maximum atomic E-state index is 12.5. The number of hydrogen-bond donors (Lipinski definition) is 0. The van der Waals surface area contributed by atoms with Gasteiger partial charge in [-0.3, -0.25) is 14.6 Å². The smallest absolute Gasteiger partial charge is 0.298 e. The Labute approximate surface area is 150 Å². The van der Waals surface area contributed by atoms with Crippen LogP contribution < -0.4 is 0 Å². The van der Waals surface area contributed by atoms with Crippen molar-refractivity contribution in [3.05, 3.63) is 29.6 Å². The van der Waals surface area contributed by atoms with Crippen LogP contribution in [-0.2, 0) is 32.0 Å². The van der Waals surface area contributed by atoms with Gasteiger partial charge < -0.3 is 0 Å². The first-order chi connectivity index (χ1) is 11.5. The molecule has 0 bridgehead atoms. The summed E-state index contributed by atoms with van der Waals surface area (Å²) in [5.41, 5.74) is -1.81. The molecule has 0 saturated heterocycles. The fourth-order valence-electron chi connectivity index (χ4n) is 1.82. The van der Waals surface area contributed by atoms with Crippen LogP contribution in [0.2, 0.25) is 0 Å². The highest BCUT2D eigenvalue weighted by Crippen LogP contribution is 2.29. The Balaban J connectivity index is 2.99. The minimum absolute atomic E-state index is 0.0217. The van der Waals surface area contributed by atoms with Gasteiger partial charge in [0.25, 0.3) is 0 Å². The maximum Gasteiger partial charge on any atom is 0.417 e. The second kappa shape index (κ2) is 7.09. The number of aromatic nitrogens is 1. The lowest BCUT2D eigenvalue weighted by molar-refractivity contribution is -0.137. The zero-order valence-corrected chi connectivity index (χ0v) is 16.1. The standard InChI is InChI=1S/C17H22F3NO4S/c1-15(2,3)14(23)10-26(24,25)16(4,5)13(22)8-12-7-6-11(9-21-12)17(18,19)20/h6-7,9H,8,10H2,1-5H3. The summed E-state index contributed by atoms with van der Waals surface area (Å²) in [6.45, 7) is 7.10. The molecule has 0 aliphatic heterocycles. The monoisotopic (exact) mass is 393 g/mol. The SMILES string of the molecule is CC(C)(C)C(=O)CS(=O)(=O)C(C)(C)C(=O)Cc1ccc(C(F)(F)F)cn1. The van der Waals surface area contributed by atoms with Crippen molar-refractivity contribution in [3.63, 3.8) is 0 Å². The third-order valence-electron chi connectivity index (χ3n) is 4.10. The molecule has 1 aromatic heterocycles. The number of carbonyl (C=O) groups is 2. The number of alkyl halides is 3. The van der Waals surface area contributed by atoms with Crippen LogP contribution >= 0.6 is 0 Å². The van der Waals surface area contributed by atoms with Gasteiger partial charge in [0.2, 0.25) is 0 Å². The number of hydrogen-bond acceptors (Lipinski definition) is 5. The Morgan fingerprint density at radius 1 is 1.00 bits per heavy atom. The third kappa shape index (κ3) is 5.12. The van der Waals surface area contributed by atoms with Gasteiger partial charge >= 0.3 is 6.18 Å². The van der Waals surface area contributed by atoms with E-state index in [-0.39, 0.29) is 5.69 Å². The first kappa shape index (κ1) is 22.3. The number of rotatable bonds is 6. The molecule has 0 radical (unpaired) electrons. The molecule has 0 spiro atoms. The topological polar surface area (TPSA) is 81.2 Å². The van der Waals surface area contributed by atoms with E-state index in [1.165, 1.54) is 13.8 Å². The highest BCUT2D eigenvalue weighted by atomic mass is 32.2. The first-order valence-electron chi connectivity index (χ1n) is 7.79. The van der Waals surface area contributed by atoms with Crippen molar-refractivity contribution in [2.75, 3.05) is 5.75 Å². The molecule has 146 valence electrons. The number of halogens is 3. The number of nitrogens with zero attached hydrogens (tertiary/aromatic N) is 1. The van der Waals surface area contributed by atoms with E-state index in [2.05, 4.69) is 4.98 Å². The number of sulfone groups is 1. The molecule has 0 N–H and O–H groups in total. The summed E-state index contributed by atoms with van der Waals surface area (Å²) in [5.74, 6) is -2.05. The van der Waals surface area contributed by atoms with Crippen LogP contribution in [0.25, 0.3) is 0 Å². The molecule has 0 fully saturated rings. The highest BCUT2D eigenvalue weighted by molar-refractivity contribution is 7.94. The van der Waals surface area contributed by atoms with Crippen molar-refractivity contribution in [3.8, 4) is 0 Å². The Kier molecular flexibility index (Phi) is 6.08. The number of Topliss-reactive ketones (excluding diaryl/α,β-unsaturated/α-hetero) is 2. The fraction of sp³-hybridized carbons (Fsp3) is 0.588. The van der Waals surface area contributed by atoms with Crippen molar-refractivity contribution in [2.45, 2.75) is 52.0 Å². The van der Waals surface area contributed by atoms with Crippen molar-refractivity contribution in [1.82, 2.24) is 4.98 Å². The maximum absolute atomic E-state index is 12.5. The lowest BCUT2D eigenvalue weighted by Gasteiger charge is -2.25. The molecular formula is C17H22F3NO4S. The predicted octanol–water partition coefficient (Wildman–Crippen LogP) is 3.02. The molecule has 0 saturated carbocycles. The van der Waals surface area contributed by atoms with Gasteiger partial charge in [-0.15, -0.1) is 0 Å². The minimum Gasteiger partial charge on any atom is -0.298 e. The van der Waals surface area contributed by atoms with Crippen LogP contribution in [0.5, 0.6) is 0 Å². The molecule has 0 atom stereocenters. The summed E-state index contributed by atoms with van der Waals surface area (Å²) in [5, 5.41) is 0. The van der Waals surface area contributed by atoms with Gasteiger partial charge in [0.15, 0.2) is 21.4 Å². The summed E-state index contributed by atoms with van der Waals surface area (Å²) < 4.78 is 60.8. The molecule has 1 rings (SSSR count). The van der Waals surface area contributed by atoms with Crippen LogP contribution in [0, 0.1) is 5.41 Å². The van der Waals surface area contributed by atoms with Gasteiger partial charge in [0, 0.05) is 17.3 Å². The van der Waals surface area contributed by atoms with Crippen molar-refractivity contribution < 1.29 is 31.2 Å². The van der Waals surface area contributed by atoms with Gasteiger partial charge in [-0.2, -0.15) is 13.2 Å². The molecule has 1 aromatic rings. The minimum atomic E-state index is -4.55. The van der Waals surface area contributed by atoms with Crippen LogP contribution in [0.3, 0.4) is 0 Å². The zero-order valence-electron chi connectivity index (χ0n) is 15.3. The van der Waals surface area contributed by atoms with Gasteiger partial charge in [0.1, 0.15) is 10.5 Å². The molecule has 0 unspecified atom stereocenters. The van der Waals surface area contributed by atoms with Crippen LogP contribution in [-0.4, -0.2) is 35.5 Å². The Hall–Kier alpha value is -1.77. The molecule has 26 heavy (non-hydrogen) atoms. The highest BCUT2D eigenvalue weighted by Gasteiger charge is 2.43. The van der Waals surface area contributed by atoms with Gasteiger partial charge in [-0.05, 0) is 26.0 Å².